The molecule has 3 nitrogen and oxygen atoms in total. The molecule has 1 unspecified atom stereocenters. The van der Waals surface area contributed by atoms with E-state index in [0.717, 1.165) is 6.54 Å². The third-order valence-electron chi connectivity index (χ3n) is 2.86. The van der Waals surface area contributed by atoms with Gasteiger partial charge in [0.2, 0.25) is 0 Å². The summed E-state index contributed by atoms with van der Waals surface area (Å²) in [7, 11) is 0. The molecule has 1 aromatic heterocycles. The Morgan fingerprint density at radius 1 is 1.40 bits per heavy atom. The fourth-order valence-corrected chi connectivity index (χ4v) is 2.17. The standard InChI is InChI=1S/C15H16ClFN2O/c1-3-19-10(2)15-13(17)5-4-6-14(15)20-12-7-11(16)8-18-9-12/h4-10,19H,3H2,1-2H3. The molecule has 0 aliphatic carbocycles. The first-order valence-corrected chi connectivity index (χ1v) is 6.79. The zero-order valence-electron chi connectivity index (χ0n) is 11.4. The highest BCUT2D eigenvalue weighted by molar-refractivity contribution is 6.30. The minimum absolute atomic E-state index is 0.150. The van der Waals surface area contributed by atoms with Crippen molar-refractivity contribution < 1.29 is 9.13 Å². The Labute approximate surface area is 122 Å². The molecule has 0 saturated heterocycles. The molecule has 2 rings (SSSR count). The Bertz CT molecular complexity index is 592. The van der Waals surface area contributed by atoms with Gasteiger partial charge >= 0.3 is 0 Å². The van der Waals surface area contributed by atoms with Crippen molar-refractivity contribution in [3.63, 3.8) is 0 Å². The summed E-state index contributed by atoms with van der Waals surface area (Å²) in [4.78, 5) is 3.95. The van der Waals surface area contributed by atoms with Crippen LogP contribution in [0.15, 0.2) is 36.7 Å². The largest absolute Gasteiger partial charge is 0.455 e. The van der Waals surface area contributed by atoms with Gasteiger partial charge in [-0.15, -0.1) is 0 Å². The van der Waals surface area contributed by atoms with Gasteiger partial charge in [-0.1, -0.05) is 24.6 Å². The lowest BCUT2D eigenvalue weighted by atomic mass is 10.1. The van der Waals surface area contributed by atoms with Crippen LogP contribution in [0.5, 0.6) is 11.5 Å². The van der Waals surface area contributed by atoms with Gasteiger partial charge in [0.25, 0.3) is 0 Å². The molecule has 0 aliphatic rings. The number of pyridine rings is 1. The Morgan fingerprint density at radius 3 is 2.90 bits per heavy atom. The van der Waals surface area contributed by atoms with Crippen molar-refractivity contribution >= 4 is 11.6 Å². The molecule has 0 saturated carbocycles. The summed E-state index contributed by atoms with van der Waals surface area (Å²) in [5, 5.41) is 3.65. The predicted octanol–water partition coefficient (Wildman–Crippen LogP) is 4.34. The molecule has 1 heterocycles. The molecule has 0 bridgehead atoms. The average molecular weight is 295 g/mol. The number of rotatable bonds is 5. The summed E-state index contributed by atoms with van der Waals surface area (Å²) >= 11 is 5.87. The van der Waals surface area contributed by atoms with Gasteiger partial charge in [-0.05, 0) is 25.6 Å². The van der Waals surface area contributed by atoms with Crippen LogP contribution in [0, 0.1) is 5.82 Å². The maximum Gasteiger partial charge on any atom is 0.147 e. The molecule has 2 aromatic rings. The molecule has 20 heavy (non-hydrogen) atoms. The van der Waals surface area contributed by atoms with Gasteiger partial charge in [0.15, 0.2) is 0 Å². The average Bonchev–Trinajstić information content (AvgIpc) is 2.39. The summed E-state index contributed by atoms with van der Waals surface area (Å²) in [6, 6.07) is 6.26. The lowest BCUT2D eigenvalue weighted by molar-refractivity contribution is 0.446. The molecule has 5 heteroatoms. The number of nitrogens with zero attached hydrogens (tertiary/aromatic N) is 1. The number of benzene rings is 1. The quantitative estimate of drug-likeness (QED) is 0.891. The zero-order valence-corrected chi connectivity index (χ0v) is 12.1. The molecule has 0 fully saturated rings. The van der Waals surface area contributed by atoms with Crippen LogP contribution in [0.3, 0.4) is 0 Å². The number of halogens is 2. The van der Waals surface area contributed by atoms with E-state index in [0.29, 0.717) is 22.1 Å². The Hall–Kier alpha value is -1.65. The van der Waals surface area contributed by atoms with E-state index in [1.165, 1.54) is 12.3 Å². The van der Waals surface area contributed by atoms with Gasteiger partial charge in [0.1, 0.15) is 17.3 Å². The first kappa shape index (κ1) is 14.8. The second-order valence-corrected chi connectivity index (χ2v) is 4.81. The number of ether oxygens (including phenoxy) is 1. The molecular weight excluding hydrogens is 279 g/mol. The maximum absolute atomic E-state index is 14.0. The highest BCUT2D eigenvalue weighted by Crippen LogP contribution is 2.32. The Kier molecular flexibility index (Phi) is 4.93. The predicted molar refractivity (Wildman–Crippen MR) is 77.8 cm³/mol. The van der Waals surface area contributed by atoms with E-state index in [1.807, 2.05) is 13.8 Å². The molecular formula is C15H16ClFN2O. The van der Waals surface area contributed by atoms with E-state index in [-0.39, 0.29) is 11.9 Å². The number of hydrogen-bond donors (Lipinski definition) is 1. The highest BCUT2D eigenvalue weighted by atomic mass is 35.5. The number of nitrogens with one attached hydrogen (secondary N) is 1. The van der Waals surface area contributed by atoms with Crippen molar-refractivity contribution in [1.29, 1.82) is 0 Å². The summed E-state index contributed by atoms with van der Waals surface area (Å²) in [6.07, 6.45) is 3.06. The van der Waals surface area contributed by atoms with E-state index in [1.54, 1.807) is 24.4 Å². The van der Waals surface area contributed by atoms with Gasteiger partial charge in [-0.3, -0.25) is 4.98 Å². The molecule has 0 aliphatic heterocycles. The monoisotopic (exact) mass is 294 g/mol. The fraction of sp³-hybridized carbons (Fsp3) is 0.267. The van der Waals surface area contributed by atoms with Gasteiger partial charge < -0.3 is 10.1 Å². The molecule has 1 atom stereocenters. The first-order chi connectivity index (χ1) is 9.61. The van der Waals surface area contributed by atoms with Gasteiger partial charge in [-0.2, -0.15) is 0 Å². The van der Waals surface area contributed by atoms with Gasteiger partial charge in [0.05, 0.1) is 11.2 Å². The molecule has 0 spiro atoms. The minimum atomic E-state index is -0.300. The van der Waals surface area contributed by atoms with Gasteiger partial charge in [0, 0.05) is 23.9 Å². The second kappa shape index (κ2) is 6.68. The minimum Gasteiger partial charge on any atom is -0.455 e. The van der Waals surface area contributed by atoms with Crippen molar-refractivity contribution in [3.05, 3.63) is 53.1 Å². The first-order valence-electron chi connectivity index (χ1n) is 6.42. The molecule has 0 radical (unpaired) electrons. The van der Waals surface area contributed by atoms with E-state index < -0.39 is 0 Å². The Morgan fingerprint density at radius 2 is 2.20 bits per heavy atom. The Balaban J connectivity index is 2.34. The van der Waals surface area contributed by atoms with Crippen molar-refractivity contribution in [2.24, 2.45) is 0 Å². The third kappa shape index (κ3) is 3.46. The van der Waals surface area contributed by atoms with Crippen LogP contribution in [-0.4, -0.2) is 11.5 Å². The van der Waals surface area contributed by atoms with Crippen LogP contribution in [0.25, 0.3) is 0 Å². The summed E-state index contributed by atoms with van der Waals surface area (Å²) in [5.74, 6) is 0.640. The second-order valence-electron chi connectivity index (χ2n) is 4.37. The van der Waals surface area contributed by atoms with E-state index in [9.17, 15) is 4.39 Å². The van der Waals surface area contributed by atoms with Gasteiger partial charge in [-0.25, -0.2) is 4.39 Å². The smallest absolute Gasteiger partial charge is 0.147 e. The summed E-state index contributed by atoms with van der Waals surface area (Å²) in [5.41, 5.74) is 0.495. The van der Waals surface area contributed by atoms with Crippen LogP contribution in [0.2, 0.25) is 5.02 Å². The topological polar surface area (TPSA) is 34.1 Å². The van der Waals surface area contributed by atoms with Crippen LogP contribution in [-0.2, 0) is 0 Å². The van der Waals surface area contributed by atoms with Crippen LogP contribution in [0.4, 0.5) is 4.39 Å². The van der Waals surface area contributed by atoms with Crippen LogP contribution < -0.4 is 10.1 Å². The third-order valence-corrected chi connectivity index (χ3v) is 3.07. The van der Waals surface area contributed by atoms with Crippen molar-refractivity contribution in [2.75, 3.05) is 6.54 Å². The van der Waals surface area contributed by atoms with Crippen molar-refractivity contribution in [1.82, 2.24) is 10.3 Å². The zero-order chi connectivity index (χ0) is 14.5. The summed E-state index contributed by atoms with van der Waals surface area (Å²) < 4.78 is 19.8. The van der Waals surface area contributed by atoms with E-state index >= 15 is 0 Å². The van der Waals surface area contributed by atoms with Crippen LogP contribution in [0.1, 0.15) is 25.5 Å². The van der Waals surface area contributed by atoms with E-state index in [4.69, 9.17) is 16.3 Å². The molecule has 106 valence electrons. The molecule has 1 N–H and O–H groups in total. The molecule has 0 amide bonds. The lowest BCUT2D eigenvalue weighted by Gasteiger charge is -2.18. The van der Waals surface area contributed by atoms with Crippen molar-refractivity contribution in [3.8, 4) is 11.5 Å². The van der Waals surface area contributed by atoms with Crippen molar-refractivity contribution in [2.45, 2.75) is 19.9 Å². The SMILES string of the molecule is CCNC(C)c1c(F)cccc1Oc1cncc(Cl)c1. The number of hydrogen-bond acceptors (Lipinski definition) is 3. The highest BCUT2D eigenvalue weighted by Gasteiger charge is 2.16. The van der Waals surface area contributed by atoms with Crippen LogP contribution >= 0.6 is 11.6 Å². The summed E-state index contributed by atoms with van der Waals surface area (Å²) in [6.45, 7) is 4.61. The fourth-order valence-electron chi connectivity index (χ4n) is 2.01. The normalized spacial score (nSPS) is 12.2. The number of aromatic nitrogens is 1. The maximum atomic E-state index is 14.0. The van der Waals surface area contributed by atoms with E-state index in [2.05, 4.69) is 10.3 Å². The molecule has 1 aromatic carbocycles. The lowest BCUT2D eigenvalue weighted by Crippen LogP contribution is -2.19.